The fourth-order valence-electron chi connectivity index (χ4n) is 4.56. The predicted octanol–water partition coefficient (Wildman–Crippen LogP) is 4.28. The zero-order chi connectivity index (χ0) is 21.2. The van der Waals surface area contributed by atoms with Crippen molar-refractivity contribution in [1.29, 1.82) is 0 Å². The van der Waals surface area contributed by atoms with Gasteiger partial charge in [-0.1, -0.05) is 31.2 Å². The van der Waals surface area contributed by atoms with E-state index in [2.05, 4.69) is 22.1 Å². The molecule has 5 rings (SSSR count). The molecule has 158 valence electrons. The number of piperidine rings is 1. The van der Waals surface area contributed by atoms with E-state index in [4.69, 9.17) is 4.42 Å². The Morgan fingerprint density at radius 3 is 2.71 bits per heavy atom. The summed E-state index contributed by atoms with van der Waals surface area (Å²) in [5.41, 5.74) is 3.01. The van der Waals surface area contributed by atoms with Crippen molar-refractivity contribution in [3.8, 4) is 5.69 Å². The van der Waals surface area contributed by atoms with Gasteiger partial charge < -0.3 is 9.32 Å². The first-order valence-electron chi connectivity index (χ1n) is 10.8. The maximum Gasteiger partial charge on any atom is 0.256 e. The number of rotatable bonds is 5. The number of carbonyl (C=O) groups is 1. The molecule has 1 aliphatic heterocycles. The highest BCUT2D eigenvalue weighted by Gasteiger charge is 2.33. The number of aromatic nitrogens is 4. The highest BCUT2D eigenvalue weighted by molar-refractivity contribution is 5.98. The molecule has 3 heterocycles. The van der Waals surface area contributed by atoms with Gasteiger partial charge in [0.2, 0.25) is 0 Å². The zero-order valence-electron chi connectivity index (χ0n) is 17.5. The second-order valence-corrected chi connectivity index (χ2v) is 8.14. The van der Waals surface area contributed by atoms with Crippen molar-refractivity contribution in [3.05, 3.63) is 72.4 Å². The van der Waals surface area contributed by atoms with Crippen molar-refractivity contribution in [3.63, 3.8) is 0 Å². The van der Waals surface area contributed by atoms with Crippen molar-refractivity contribution in [2.24, 2.45) is 5.92 Å². The highest BCUT2D eigenvalue weighted by Crippen LogP contribution is 2.29. The lowest BCUT2D eigenvalue weighted by Crippen LogP contribution is -2.48. The number of hydrogen-bond acceptors (Lipinski definition) is 5. The Balaban J connectivity index is 1.39. The van der Waals surface area contributed by atoms with E-state index < -0.39 is 0 Å². The second-order valence-electron chi connectivity index (χ2n) is 8.14. The van der Waals surface area contributed by atoms with Crippen LogP contribution in [0.5, 0.6) is 0 Å². The van der Waals surface area contributed by atoms with Crippen molar-refractivity contribution < 1.29 is 9.21 Å². The number of benzene rings is 2. The minimum atomic E-state index is 0.0296. The number of aryl methyl sites for hydroxylation is 1. The van der Waals surface area contributed by atoms with Gasteiger partial charge in [-0.3, -0.25) is 4.79 Å². The van der Waals surface area contributed by atoms with Crippen LogP contribution in [0.1, 0.15) is 42.4 Å². The lowest BCUT2D eigenvalue weighted by Gasteiger charge is -2.40. The van der Waals surface area contributed by atoms with Crippen LogP contribution in [0.2, 0.25) is 0 Å². The number of carbonyl (C=O) groups excluding carboxylic acids is 1. The van der Waals surface area contributed by atoms with Crippen molar-refractivity contribution in [2.45, 2.75) is 38.6 Å². The van der Waals surface area contributed by atoms with E-state index in [0.29, 0.717) is 23.6 Å². The van der Waals surface area contributed by atoms with Gasteiger partial charge >= 0.3 is 0 Å². The Labute approximate surface area is 180 Å². The van der Waals surface area contributed by atoms with E-state index in [-0.39, 0.29) is 11.9 Å². The molecule has 1 fully saturated rings. The number of likely N-dealkylation sites (tertiary alicyclic amines) is 1. The maximum atomic E-state index is 13.6. The maximum absolute atomic E-state index is 13.6. The molecule has 0 aliphatic carbocycles. The lowest BCUT2D eigenvalue weighted by atomic mass is 9.87. The first-order chi connectivity index (χ1) is 15.2. The largest absolute Gasteiger partial charge is 0.441 e. The fraction of sp³-hybridized carbons (Fsp3) is 0.333. The third-order valence-corrected chi connectivity index (χ3v) is 6.14. The summed E-state index contributed by atoms with van der Waals surface area (Å²) in [6.45, 7) is 2.99. The molecule has 0 saturated carbocycles. The first kappa shape index (κ1) is 19.5. The number of oxazole rings is 1. The Morgan fingerprint density at radius 1 is 1.10 bits per heavy atom. The normalized spacial score (nSPS) is 19.1. The topological polar surface area (TPSA) is 77.1 Å². The van der Waals surface area contributed by atoms with Crippen LogP contribution in [0.3, 0.4) is 0 Å². The van der Waals surface area contributed by atoms with Crippen LogP contribution in [-0.4, -0.2) is 43.4 Å². The monoisotopic (exact) mass is 415 g/mol. The molecule has 7 heteroatoms. The minimum Gasteiger partial charge on any atom is -0.441 e. The molecule has 1 aliphatic rings. The van der Waals surface area contributed by atoms with Crippen LogP contribution in [-0.2, 0) is 6.42 Å². The number of fused-ring (bicyclic) bond motifs is 1. The van der Waals surface area contributed by atoms with Gasteiger partial charge in [-0.2, -0.15) is 15.0 Å². The van der Waals surface area contributed by atoms with E-state index in [0.717, 1.165) is 42.8 Å². The summed E-state index contributed by atoms with van der Waals surface area (Å²) in [6, 6.07) is 15.5. The number of nitrogens with zero attached hydrogens (tertiary/aromatic N) is 5. The Hall–Kier alpha value is -3.48. The van der Waals surface area contributed by atoms with Gasteiger partial charge in [-0.05, 0) is 49.4 Å². The predicted molar refractivity (Wildman–Crippen MR) is 117 cm³/mol. The molecule has 1 saturated heterocycles. The third kappa shape index (κ3) is 3.83. The van der Waals surface area contributed by atoms with Crippen LogP contribution in [0, 0.1) is 5.92 Å². The van der Waals surface area contributed by atoms with Crippen LogP contribution >= 0.6 is 0 Å². The zero-order valence-corrected chi connectivity index (χ0v) is 17.5. The summed E-state index contributed by atoms with van der Waals surface area (Å²) >= 11 is 0. The average molecular weight is 415 g/mol. The van der Waals surface area contributed by atoms with Crippen molar-refractivity contribution in [1.82, 2.24) is 24.9 Å². The van der Waals surface area contributed by atoms with E-state index in [1.165, 1.54) is 4.80 Å². The van der Waals surface area contributed by atoms with E-state index in [1.807, 2.05) is 53.4 Å². The highest BCUT2D eigenvalue weighted by atomic mass is 16.3. The second kappa shape index (κ2) is 8.34. The molecule has 0 bridgehead atoms. The van der Waals surface area contributed by atoms with Crippen LogP contribution < -0.4 is 0 Å². The van der Waals surface area contributed by atoms with Crippen molar-refractivity contribution >= 4 is 17.0 Å². The summed E-state index contributed by atoms with van der Waals surface area (Å²) in [7, 11) is 0. The van der Waals surface area contributed by atoms with E-state index in [9.17, 15) is 4.79 Å². The SMILES string of the molecule is C[C@@H]1CCCN(C(=O)c2ccccc2-n2nccn2)[C@@H]1CCc1nc2ccccc2o1. The Morgan fingerprint density at radius 2 is 1.87 bits per heavy atom. The molecule has 4 aromatic rings. The summed E-state index contributed by atoms with van der Waals surface area (Å²) in [5.74, 6) is 1.17. The number of para-hydroxylation sites is 3. The minimum absolute atomic E-state index is 0.0296. The molecular formula is C24H25N5O2. The molecule has 1 amide bonds. The van der Waals surface area contributed by atoms with E-state index in [1.54, 1.807) is 12.4 Å². The van der Waals surface area contributed by atoms with Crippen LogP contribution in [0.4, 0.5) is 0 Å². The lowest BCUT2D eigenvalue weighted by molar-refractivity contribution is 0.0496. The molecule has 0 radical (unpaired) electrons. The molecule has 31 heavy (non-hydrogen) atoms. The fourth-order valence-corrected chi connectivity index (χ4v) is 4.56. The van der Waals surface area contributed by atoms with E-state index >= 15 is 0 Å². The van der Waals surface area contributed by atoms with Gasteiger partial charge in [-0.15, -0.1) is 0 Å². The number of hydrogen-bond donors (Lipinski definition) is 0. The van der Waals surface area contributed by atoms with Gasteiger partial charge in [0, 0.05) is 19.0 Å². The first-order valence-corrected chi connectivity index (χ1v) is 10.8. The molecule has 0 N–H and O–H groups in total. The summed E-state index contributed by atoms with van der Waals surface area (Å²) < 4.78 is 5.91. The Kier molecular flexibility index (Phi) is 5.24. The summed E-state index contributed by atoms with van der Waals surface area (Å²) in [4.78, 5) is 21.8. The smallest absolute Gasteiger partial charge is 0.256 e. The standard InChI is InChI=1S/C24H25N5O2/c1-17-7-6-16-28(20(17)12-13-23-27-19-9-3-5-11-22(19)31-23)24(30)18-8-2-4-10-21(18)29-25-14-15-26-29/h2-5,8-11,14-15,17,20H,6-7,12-13,16H2,1H3/t17-,20-/m1/s1. The van der Waals surface area contributed by atoms with Gasteiger partial charge in [0.05, 0.1) is 23.6 Å². The Bertz CT molecular complexity index is 1150. The quantitative estimate of drug-likeness (QED) is 0.486. The molecule has 2 aromatic heterocycles. The average Bonchev–Trinajstić information content (AvgIpc) is 3.47. The van der Waals surface area contributed by atoms with Gasteiger partial charge in [0.15, 0.2) is 11.5 Å². The molecule has 2 aromatic carbocycles. The summed E-state index contributed by atoms with van der Waals surface area (Å²) in [6.07, 6.45) is 6.89. The molecule has 0 unspecified atom stereocenters. The molecule has 2 atom stereocenters. The summed E-state index contributed by atoms with van der Waals surface area (Å²) in [5, 5.41) is 8.44. The molecule has 7 nitrogen and oxygen atoms in total. The van der Waals surface area contributed by atoms with Crippen molar-refractivity contribution in [2.75, 3.05) is 6.54 Å². The van der Waals surface area contributed by atoms with Gasteiger partial charge in [-0.25, -0.2) is 4.98 Å². The van der Waals surface area contributed by atoms with Gasteiger partial charge in [0.1, 0.15) is 5.52 Å². The molecule has 0 spiro atoms. The number of amides is 1. The third-order valence-electron chi connectivity index (χ3n) is 6.14. The molecular weight excluding hydrogens is 390 g/mol. The van der Waals surface area contributed by atoms with Crippen LogP contribution in [0.15, 0.2) is 65.3 Å². The van der Waals surface area contributed by atoms with Crippen LogP contribution in [0.25, 0.3) is 16.8 Å². The van der Waals surface area contributed by atoms with Gasteiger partial charge in [0.25, 0.3) is 5.91 Å².